The summed E-state index contributed by atoms with van der Waals surface area (Å²) in [6.45, 7) is 4.23. The van der Waals surface area contributed by atoms with E-state index in [1.54, 1.807) is 6.20 Å². The smallest absolute Gasteiger partial charge is 0.223 e. The lowest BCUT2D eigenvalue weighted by Gasteiger charge is -2.34. The second-order valence-corrected chi connectivity index (χ2v) is 7.95. The Morgan fingerprint density at radius 2 is 1.77 bits per heavy atom. The molecule has 0 unspecified atom stereocenters. The van der Waals surface area contributed by atoms with Gasteiger partial charge in [0.1, 0.15) is 5.60 Å². The van der Waals surface area contributed by atoms with Gasteiger partial charge in [0, 0.05) is 24.5 Å². The van der Waals surface area contributed by atoms with Crippen molar-refractivity contribution in [3.63, 3.8) is 0 Å². The quantitative estimate of drug-likeness (QED) is 0.752. The molecule has 3 nitrogen and oxygen atoms in total. The van der Waals surface area contributed by atoms with Gasteiger partial charge in [-0.15, -0.1) is 0 Å². The highest BCUT2D eigenvalue weighted by molar-refractivity contribution is 5.92. The number of rotatable bonds is 3. The van der Waals surface area contributed by atoms with Crippen molar-refractivity contribution in [1.29, 1.82) is 0 Å². The van der Waals surface area contributed by atoms with E-state index < -0.39 is 5.60 Å². The maximum absolute atomic E-state index is 6.26. The van der Waals surface area contributed by atoms with Crippen molar-refractivity contribution in [2.45, 2.75) is 57.5 Å². The van der Waals surface area contributed by atoms with E-state index in [4.69, 9.17) is 4.74 Å². The van der Waals surface area contributed by atoms with Crippen LogP contribution in [0.15, 0.2) is 36.5 Å². The maximum atomic E-state index is 6.26. The lowest BCUT2D eigenvalue weighted by atomic mass is 9.82. The Bertz CT molecular complexity index is 815. The van der Waals surface area contributed by atoms with Gasteiger partial charge < -0.3 is 10.1 Å². The van der Waals surface area contributed by atoms with E-state index in [-0.39, 0.29) is 0 Å². The molecule has 4 rings (SSSR count). The van der Waals surface area contributed by atoms with Crippen molar-refractivity contribution >= 4 is 17.3 Å². The highest BCUT2D eigenvalue weighted by atomic mass is 16.5. The average molecular weight is 348 g/mol. The van der Waals surface area contributed by atoms with Gasteiger partial charge >= 0.3 is 0 Å². The van der Waals surface area contributed by atoms with Crippen LogP contribution in [0.25, 0.3) is 11.6 Å². The molecule has 0 atom stereocenters. The van der Waals surface area contributed by atoms with Crippen LogP contribution >= 0.6 is 0 Å². The molecule has 1 fully saturated rings. The van der Waals surface area contributed by atoms with Gasteiger partial charge in [0.2, 0.25) is 5.88 Å². The fourth-order valence-corrected chi connectivity index (χ4v) is 4.31. The Kier molecular flexibility index (Phi) is 4.47. The third kappa shape index (κ3) is 3.11. The molecule has 1 aliphatic carbocycles. The molecular weight excluding hydrogens is 320 g/mol. The summed E-state index contributed by atoms with van der Waals surface area (Å²) < 4.78 is 6.26. The number of fused-ring (bicyclic) bond motifs is 1. The highest BCUT2D eigenvalue weighted by Crippen LogP contribution is 2.42. The Morgan fingerprint density at radius 1 is 1.04 bits per heavy atom. The van der Waals surface area contributed by atoms with Crippen LogP contribution < -0.4 is 10.1 Å². The first-order chi connectivity index (χ1) is 12.6. The Balaban J connectivity index is 1.70. The van der Waals surface area contributed by atoms with E-state index in [1.165, 1.54) is 48.8 Å². The highest BCUT2D eigenvalue weighted by Gasteiger charge is 2.33. The molecule has 2 aliphatic rings. The van der Waals surface area contributed by atoms with Crippen molar-refractivity contribution < 1.29 is 4.74 Å². The van der Waals surface area contributed by atoms with Crippen LogP contribution in [0.2, 0.25) is 0 Å². The van der Waals surface area contributed by atoms with Crippen molar-refractivity contribution in [2.75, 3.05) is 12.4 Å². The van der Waals surface area contributed by atoms with Crippen LogP contribution in [0.1, 0.15) is 68.6 Å². The molecule has 0 amide bonds. The van der Waals surface area contributed by atoms with Gasteiger partial charge in [0.15, 0.2) is 0 Å². The maximum Gasteiger partial charge on any atom is 0.223 e. The second-order valence-electron chi connectivity index (χ2n) is 7.95. The predicted octanol–water partition coefficient (Wildman–Crippen LogP) is 5.88. The van der Waals surface area contributed by atoms with Crippen molar-refractivity contribution in [2.24, 2.45) is 0 Å². The molecular formula is C23H28N2O. The number of anilines is 1. The number of hydrogen-bond acceptors (Lipinski definition) is 3. The van der Waals surface area contributed by atoms with Gasteiger partial charge in [0.25, 0.3) is 0 Å². The third-order valence-corrected chi connectivity index (χ3v) is 5.81. The summed E-state index contributed by atoms with van der Waals surface area (Å²) in [6, 6.07) is 11.2. The van der Waals surface area contributed by atoms with Crippen LogP contribution in [-0.4, -0.2) is 17.6 Å². The Labute approximate surface area is 156 Å². The first-order valence-electron chi connectivity index (χ1n) is 9.77. The predicted molar refractivity (Wildman–Crippen MR) is 109 cm³/mol. The summed E-state index contributed by atoms with van der Waals surface area (Å²) in [4.78, 5) is 4.42. The second kappa shape index (κ2) is 6.79. The summed E-state index contributed by atoms with van der Waals surface area (Å²) in [5.74, 6) is 1.44. The number of aromatic nitrogens is 1. The van der Waals surface area contributed by atoms with Gasteiger partial charge in [-0.05, 0) is 55.9 Å². The van der Waals surface area contributed by atoms with Crippen molar-refractivity contribution in [3.8, 4) is 5.88 Å². The largest absolute Gasteiger partial charge is 0.466 e. The van der Waals surface area contributed by atoms with Crippen LogP contribution in [0, 0.1) is 0 Å². The van der Waals surface area contributed by atoms with Crippen LogP contribution in [-0.2, 0) is 0 Å². The van der Waals surface area contributed by atoms with Gasteiger partial charge in [-0.1, -0.05) is 43.5 Å². The van der Waals surface area contributed by atoms with Crippen molar-refractivity contribution in [3.05, 3.63) is 53.2 Å². The summed E-state index contributed by atoms with van der Waals surface area (Å²) in [5.41, 5.74) is 5.58. The van der Waals surface area contributed by atoms with Gasteiger partial charge in [-0.3, -0.25) is 0 Å². The molecule has 0 radical (unpaired) electrons. The van der Waals surface area contributed by atoms with Crippen LogP contribution in [0.3, 0.4) is 0 Å². The Hall–Kier alpha value is -2.29. The molecule has 26 heavy (non-hydrogen) atoms. The van der Waals surface area contributed by atoms with E-state index >= 15 is 0 Å². The third-order valence-electron chi connectivity index (χ3n) is 5.81. The normalized spacial score (nSPS) is 19.3. The SMILES string of the molecule is CNc1ccnc2c1C=C(c1ccc(C3CCCCC3)cc1)C(C)(C)O2. The zero-order valence-corrected chi connectivity index (χ0v) is 16.0. The van der Waals surface area contributed by atoms with E-state index in [2.05, 4.69) is 54.5 Å². The fraction of sp³-hybridized carbons (Fsp3) is 0.435. The average Bonchev–Trinajstić information content (AvgIpc) is 2.67. The molecule has 1 aromatic heterocycles. The molecule has 1 aromatic carbocycles. The fourth-order valence-electron chi connectivity index (χ4n) is 4.31. The minimum atomic E-state index is -0.404. The molecule has 0 saturated heterocycles. The van der Waals surface area contributed by atoms with Crippen LogP contribution in [0.5, 0.6) is 5.88 Å². The van der Waals surface area contributed by atoms with E-state index in [1.807, 2.05) is 13.1 Å². The van der Waals surface area contributed by atoms with Crippen LogP contribution in [0.4, 0.5) is 5.69 Å². The van der Waals surface area contributed by atoms with E-state index in [0.717, 1.165) is 17.2 Å². The number of hydrogen-bond donors (Lipinski definition) is 1. The number of benzene rings is 1. The van der Waals surface area contributed by atoms with Gasteiger partial charge in [0.05, 0.1) is 5.56 Å². The minimum Gasteiger partial charge on any atom is -0.466 e. The molecule has 0 bridgehead atoms. The van der Waals surface area contributed by atoms with E-state index in [0.29, 0.717) is 5.88 Å². The topological polar surface area (TPSA) is 34.2 Å². The molecule has 0 spiro atoms. The number of nitrogens with zero attached hydrogens (tertiary/aromatic N) is 1. The monoisotopic (exact) mass is 348 g/mol. The zero-order chi connectivity index (χ0) is 18.1. The number of nitrogens with one attached hydrogen (secondary N) is 1. The summed E-state index contributed by atoms with van der Waals surface area (Å²) >= 11 is 0. The molecule has 2 heterocycles. The molecule has 3 heteroatoms. The number of pyridine rings is 1. The Morgan fingerprint density at radius 3 is 2.46 bits per heavy atom. The lowest BCUT2D eigenvalue weighted by molar-refractivity contribution is 0.162. The molecule has 1 aliphatic heterocycles. The van der Waals surface area contributed by atoms with Gasteiger partial charge in [-0.25, -0.2) is 4.98 Å². The first kappa shape index (κ1) is 17.1. The minimum absolute atomic E-state index is 0.404. The molecule has 1 N–H and O–H groups in total. The van der Waals surface area contributed by atoms with E-state index in [9.17, 15) is 0 Å². The first-order valence-corrected chi connectivity index (χ1v) is 9.77. The van der Waals surface area contributed by atoms with Gasteiger partial charge in [-0.2, -0.15) is 0 Å². The summed E-state index contributed by atoms with van der Waals surface area (Å²) in [7, 11) is 1.93. The van der Waals surface area contributed by atoms with Crippen molar-refractivity contribution in [1.82, 2.24) is 4.98 Å². The summed E-state index contributed by atoms with van der Waals surface area (Å²) in [5, 5.41) is 3.24. The zero-order valence-electron chi connectivity index (χ0n) is 16.0. The standard InChI is InChI=1S/C23H28N2O/c1-23(2)20(15-19-21(24-3)13-14-25-22(19)26-23)18-11-9-17(10-12-18)16-7-5-4-6-8-16/h9-16H,4-8H2,1-3H3,(H,24,25). The molecule has 136 valence electrons. The number of ether oxygens (including phenoxy) is 1. The summed E-state index contributed by atoms with van der Waals surface area (Å²) in [6.07, 6.45) is 10.8. The molecule has 2 aromatic rings. The molecule has 1 saturated carbocycles. The lowest BCUT2D eigenvalue weighted by Crippen LogP contribution is -2.33.